The Morgan fingerprint density at radius 2 is 1.90 bits per heavy atom. The summed E-state index contributed by atoms with van der Waals surface area (Å²) in [5.41, 5.74) is 1.45. The number of hydrogen-bond donors (Lipinski definition) is 2. The predicted molar refractivity (Wildman–Crippen MR) is 85.0 cm³/mol. The fraction of sp³-hybridized carbons (Fsp3) is 0.267. The summed E-state index contributed by atoms with van der Waals surface area (Å²) in [5.74, 6) is 0.673. The monoisotopic (exact) mass is 305 g/mol. The Balaban J connectivity index is 2.18. The van der Waals surface area contributed by atoms with Crippen LogP contribution in [0.4, 0.5) is 11.5 Å². The van der Waals surface area contributed by atoms with Crippen LogP contribution < -0.4 is 10.0 Å². The third-order valence-corrected chi connectivity index (χ3v) is 4.34. The van der Waals surface area contributed by atoms with Crippen molar-refractivity contribution in [2.24, 2.45) is 0 Å². The fourth-order valence-electron chi connectivity index (χ4n) is 1.79. The van der Waals surface area contributed by atoms with Gasteiger partial charge in [-0.3, -0.25) is 4.72 Å². The van der Waals surface area contributed by atoms with Crippen LogP contribution in [0.15, 0.2) is 47.5 Å². The molecule has 1 heterocycles. The second kappa shape index (κ2) is 6.58. The first-order valence-corrected chi connectivity index (χ1v) is 8.29. The van der Waals surface area contributed by atoms with Gasteiger partial charge in [-0.05, 0) is 37.1 Å². The van der Waals surface area contributed by atoms with E-state index in [0.29, 0.717) is 11.5 Å². The molecule has 0 amide bonds. The second-order valence-corrected chi connectivity index (χ2v) is 6.41. The summed E-state index contributed by atoms with van der Waals surface area (Å²) >= 11 is 0. The van der Waals surface area contributed by atoms with Gasteiger partial charge < -0.3 is 5.32 Å². The van der Waals surface area contributed by atoms with E-state index in [9.17, 15) is 8.42 Å². The predicted octanol–water partition coefficient (Wildman–Crippen LogP) is 3.01. The van der Waals surface area contributed by atoms with E-state index in [1.54, 1.807) is 24.3 Å². The second-order valence-electron chi connectivity index (χ2n) is 4.73. The molecule has 0 bridgehead atoms. The van der Waals surface area contributed by atoms with Gasteiger partial charge in [0.25, 0.3) is 10.0 Å². The highest BCUT2D eigenvalue weighted by Gasteiger charge is 2.15. The maximum atomic E-state index is 12.3. The van der Waals surface area contributed by atoms with Gasteiger partial charge in [0.1, 0.15) is 10.7 Å². The molecule has 0 aliphatic rings. The lowest BCUT2D eigenvalue weighted by Gasteiger charge is -2.10. The van der Waals surface area contributed by atoms with Crippen molar-refractivity contribution in [3.63, 3.8) is 0 Å². The van der Waals surface area contributed by atoms with Crippen LogP contribution in [0.25, 0.3) is 0 Å². The van der Waals surface area contributed by atoms with Crippen LogP contribution >= 0.6 is 0 Å². The first kappa shape index (κ1) is 15.3. The molecule has 0 aliphatic carbocycles. The Hall–Kier alpha value is -2.08. The van der Waals surface area contributed by atoms with E-state index in [4.69, 9.17) is 0 Å². The molecule has 6 heteroatoms. The molecule has 2 aromatic rings. The number of nitrogens with zero attached hydrogens (tertiary/aromatic N) is 1. The average Bonchev–Trinajstić information content (AvgIpc) is 2.48. The third kappa shape index (κ3) is 3.95. The number of para-hydroxylation sites is 1. The smallest absolute Gasteiger partial charge is 0.263 e. The SMILES string of the molecule is CCCNc1ccc(S(=O)(=O)Nc2ccccc2C)cn1. The van der Waals surface area contributed by atoms with Gasteiger partial charge in [-0.2, -0.15) is 0 Å². The van der Waals surface area contributed by atoms with Crippen molar-refractivity contribution in [3.8, 4) is 0 Å². The highest BCUT2D eigenvalue weighted by molar-refractivity contribution is 7.92. The van der Waals surface area contributed by atoms with Crippen LogP contribution in [0.3, 0.4) is 0 Å². The van der Waals surface area contributed by atoms with Crippen LogP contribution in [0, 0.1) is 6.92 Å². The molecule has 0 fully saturated rings. The number of anilines is 2. The van der Waals surface area contributed by atoms with Crippen molar-refractivity contribution in [1.29, 1.82) is 0 Å². The Labute approximate surface area is 125 Å². The van der Waals surface area contributed by atoms with Crippen molar-refractivity contribution >= 4 is 21.5 Å². The molecule has 0 saturated heterocycles. The molecule has 21 heavy (non-hydrogen) atoms. The van der Waals surface area contributed by atoms with E-state index >= 15 is 0 Å². The summed E-state index contributed by atoms with van der Waals surface area (Å²) in [6.45, 7) is 4.71. The molecule has 2 N–H and O–H groups in total. The molecular formula is C15H19N3O2S. The minimum atomic E-state index is -3.61. The van der Waals surface area contributed by atoms with Gasteiger partial charge >= 0.3 is 0 Å². The van der Waals surface area contributed by atoms with Crippen molar-refractivity contribution in [2.45, 2.75) is 25.2 Å². The fourth-order valence-corrected chi connectivity index (χ4v) is 2.86. The van der Waals surface area contributed by atoms with E-state index in [2.05, 4.69) is 21.9 Å². The summed E-state index contributed by atoms with van der Waals surface area (Å²) in [4.78, 5) is 4.26. The highest BCUT2D eigenvalue weighted by atomic mass is 32.2. The quantitative estimate of drug-likeness (QED) is 0.860. The van der Waals surface area contributed by atoms with E-state index in [1.165, 1.54) is 6.20 Å². The average molecular weight is 305 g/mol. The largest absolute Gasteiger partial charge is 0.370 e. The maximum Gasteiger partial charge on any atom is 0.263 e. The van der Waals surface area contributed by atoms with Crippen LogP contribution in [0.2, 0.25) is 0 Å². The normalized spacial score (nSPS) is 11.1. The number of benzene rings is 1. The molecular weight excluding hydrogens is 286 g/mol. The number of rotatable bonds is 6. The molecule has 1 aromatic heterocycles. The minimum Gasteiger partial charge on any atom is -0.370 e. The lowest BCUT2D eigenvalue weighted by molar-refractivity contribution is 0.601. The summed E-state index contributed by atoms with van der Waals surface area (Å²) in [5, 5.41) is 3.11. The topological polar surface area (TPSA) is 71.1 Å². The Bertz CT molecular complexity index is 697. The van der Waals surface area contributed by atoms with Gasteiger partial charge in [0.05, 0.1) is 5.69 Å². The zero-order chi connectivity index (χ0) is 15.3. The molecule has 0 saturated carbocycles. The Morgan fingerprint density at radius 1 is 1.14 bits per heavy atom. The molecule has 0 unspecified atom stereocenters. The van der Waals surface area contributed by atoms with E-state index < -0.39 is 10.0 Å². The first-order chi connectivity index (χ1) is 10.0. The number of nitrogens with one attached hydrogen (secondary N) is 2. The van der Waals surface area contributed by atoms with E-state index in [1.807, 2.05) is 19.1 Å². The van der Waals surface area contributed by atoms with Crippen LogP contribution in [0.1, 0.15) is 18.9 Å². The molecule has 0 spiro atoms. The van der Waals surface area contributed by atoms with Gasteiger partial charge in [-0.15, -0.1) is 0 Å². The minimum absolute atomic E-state index is 0.146. The van der Waals surface area contributed by atoms with Crippen molar-refractivity contribution in [2.75, 3.05) is 16.6 Å². The molecule has 0 radical (unpaired) electrons. The molecule has 112 valence electrons. The maximum absolute atomic E-state index is 12.3. The summed E-state index contributed by atoms with van der Waals surface area (Å²) in [6, 6.07) is 10.5. The molecule has 0 aliphatic heterocycles. The molecule has 1 aromatic carbocycles. The van der Waals surface area contributed by atoms with E-state index in [-0.39, 0.29) is 4.90 Å². The zero-order valence-corrected chi connectivity index (χ0v) is 12.9. The summed E-state index contributed by atoms with van der Waals surface area (Å²) < 4.78 is 27.2. The van der Waals surface area contributed by atoms with Crippen LogP contribution in [0.5, 0.6) is 0 Å². The van der Waals surface area contributed by atoms with Gasteiger partial charge in [-0.25, -0.2) is 13.4 Å². The summed E-state index contributed by atoms with van der Waals surface area (Å²) in [7, 11) is -3.61. The number of aryl methyl sites for hydroxylation is 1. The zero-order valence-electron chi connectivity index (χ0n) is 12.1. The van der Waals surface area contributed by atoms with Gasteiger partial charge in [0.15, 0.2) is 0 Å². The van der Waals surface area contributed by atoms with E-state index in [0.717, 1.165) is 18.5 Å². The van der Waals surface area contributed by atoms with Crippen LogP contribution in [-0.2, 0) is 10.0 Å². The Kier molecular flexibility index (Phi) is 4.80. The molecule has 0 atom stereocenters. The third-order valence-electron chi connectivity index (χ3n) is 2.99. The molecule has 5 nitrogen and oxygen atoms in total. The number of sulfonamides is 1. The Morgan fingerprint density at radius 3 is 2.52 bits per heavy atom. The lowest BCUT2D eigenvalue weighted by Crippen LogP contribution is -2.14. The number of aromatic nitrogens is 1. The summed E-state index contributed by atoms with van der Waals surface area (Å²) in [6.07, 6.45) is 2.34. The first-order valence-electron chi connectivity index (χ1n) is 6.81. The van der Waals surface area contributed by atoms with Crippen LogP contribution in [-0.4, -0.2) is 19.9 Å². The standard InChI is InChI=1S/C15H19N3O2S/c1-3-10-16-15-9-8-13(11-17-15)21(19,20)18-14-7-5-4-6-12(14)2/h4-9,11,18H,3,10H2,1-2H3,(H,16,17). The van der Waals surface area contributed by atoms with Gasteiger partial charge in [0, 0.05) is 12.7 Å². The van der Waals surface area contributed by atoms with Crippen molar-refractivity contribution in [3.05, 3.63) is 48.2 Å². The van der Waals surface area contributed by atoms with Gasteiger partial charge in [0.2, 0.25) is 0 Å². The molecule has 2 rings (SSSR count). The number of pyridine rings is 1. The lowest BCUT2D eigenvalue weighted by atomic mass is 10.2. The highest BCUT2D eigenvalue weighted by Crippen LogP contribution is 2.19. The number of hydrogen-bond acceptors (Lipinski definition) is 4. The van der Waals surface area contributed by atoms with Crippen molar-refractivity contribution < 1.29 is 8.42 Å². The van der Waals surface area contributed by atoms with Crippen molar-refractivity contribution in [1.82, 2.24) is 4.98 Å². The van der Waals surface area contributed by atoms with Gasteiger partial charge in [-0.1, -0.05) is 25.1 Å².